The normalized spacial score (nSPS) is 11.1. The highest BCUT2D eigenvalue weighted by Crippen LogP contribution is 2.35. The lowest BCUT2D eigenvalue weighted by Gasteiger charge is -2.14. The average Bonchev–Trinajstić information content (AvgIpc) is 2.89. The van der Waals surface area contributed by atoms with Crippen LogP contribution in [-0.4, -0.2) is 4.57 Å². The van der Waals surface area contributed by atoms with E-state index in [0.29, 0.717) is 0 Å². The Bertz CT molecular complexity index is 993. The van der Waals surface area contributed by atoms with Crippen LogP contribution in [0.25, 0.3) is 22.2 Å². The maximum Gasteiger partial charge on any atom is 0.0526 e. The first-order valence-electron chi connectivity index (χ1n) is 8.43. The summed E-state index contributed by atoms with van der Waals surface area (Å²) in [5, 5.41) is 1.34. The highest BCUT2D eigenvalue weighted by molar-refractivity contribution is 5.92. The van der Waals surface area contributed by atoms with Gasteiger partial charge in [-0.2, -0.15) is 0 Å². The van der Waals surface area contributed by atoms with Gasteiger partial charge in [0.25, 0.3) is 0 Å². The molecule has 1 heterocycles. The van der Waals surface area contributed by atoms with Gasteiger partial charge < -0.3 is 4.57 Å². The molecule has 0 aliphatic rings. The molecule has 1 aromatic heterocycles. The fraction of sp³-hybridized carbons (Fsp3) is 0.130. The number of hydrogen-bond acceptors (Lipinski definition) is 0. The highest BCUT2D eigenvalue weighted by atomic mass is 15.0. The fourth-order valence-corrected chi connectivity index (χ4v) is 3.59. The number of rotatable bonds is 3. The minimum Gasteiger partial charge on any atom is -0.336 e. The van der Waals surface area contributed by atoms with Gasteiger partial charge in [0, 0.05) is 23.0 Å². The van der Waals surface area contributed by atoms with Crippen LogP contribution in [0.3, 0.4) is 0 Å². The molecule has 0 fully saturated rings. The second-order valence-electron chi connectivity index (χ2n) is 6.38. The van der Waals surface area contributed by atoms with Gasteiger partial charge >= 0.3 is 0 Å². The van der Waals surface area contributed by atoms with Gasteiger partial charge in [-0.25, -0.2) is 0 Å². The van der Waals surface area contributed by atoms with Crippen LogP contribution in [0.15, 0.2) is 78.9 Å². The van der Waals surface area contributed by atoms with Gasteiger partial charge in [-0.1, -0.05) is 72.8 Å². The van der Waals surface area contributed by atoms with Crippen molar-refractivity contribution >= 4 is 10.9 Å². The average molecular weight is 311 g/mol. The second-order valence-corrected chi connectivity index (χ2v) is 6.38. The Hall–Kier alpha value is -2.80. The van der Waals surface area contributed by atoms with Crippen molar-refractivity contribution in [2.24, 2.45) is 0 Å². The SMILES string of the molecule is Cc1ccccc1-c1c(C)c2ccccc2n1Cc1ccccc1. The molecule has 1 nitrogen and oxygen atoms in total. The van der Waals surface area contributed by atoms with E-state index in [2.05, 4.69) is 97.3 Å². The smallest absolute Gasteiger partial charge is 0.0526 e. The van der Waals surface area contributed by atoms with Crippen LogP contribution in [0.5, 0.6) is 0 Å². The first-order valence-corrected chi connectivity index (χ1v) is 8.43. The summed E-state index contributed by atoms with van der Waals surface area (Å²) < 4.78 is 2.46. The minimum absolute atomic E-state index is 0.888. The maximum absolute atomic E-state index is 2.46. The van der Waals surface area contributed by atoms with Gasteiger partial charge in [-0.05, 0) is 36.6 Å². The summed E-state index contributed by atoms with van der Waals surface area (Å²) in [7, 11) is 0. The first-order chi connectivity index (χ1) is 11.8. The lowest BCUT2D eigenvalue weighted by atomic mass is 10.0. The highest BCUT2D eigenvalue weighted by Gasteiger charge is 2.16. The van der Waals surface area contributed by atoms with Crippen molar-refractivity contribution in [3.05, 3.63) is 95.6 Å². The quantitative estimate of drug-likeness (QED) is 0.439. The molecule has 0 spiro atoms. The maximum atomic E-state index is 2.46. The van der Waals surface area contributed by atoms with Crippen LogP contribution >= 0.6 is 0 Å². The summed E-state index contributed by atoms with van der Waals surface area (Å²) >= 11 is 0. The largest absolute Gasteiger partial charge is 0.336 e. The minimum atomic E-state index is 0.888. The monoisotopic (exact) mass is 311 g/mol. The zero-order valence-electron chi connectivity index (χ0n) is 14.2. The van der Waals surface area contributed by atoms with E-state index in [0.717, 1.165) is 6.54 Å². The van der Waals surface area contributed by atoms with E-state index in [1.165, 1.54) is 38.9 Å². The van der Waals surface area contributed by atoms with Crippen LogP contribution in [0.4, 0.5) is 0 Å². The van der Waals surface area contributed by atoms with Crippen LogP contribution < -0.4 is 0 Å². The molecule has 0 aliphatic carbocycles. The lowest BCUT2D eigenvalue weighted by molar-refractivity contribution is 0.842. The van der Waals surface area contributed by atoms with Gasteiger partial charge in [0.05, 0.1) is 5.69 Å². The number of fused-ring (bicyclic) bond motifs is 1. The van der Waals surface area contributed by atoms with Crippen molar-refractivity contribution < 1.29 is 0 Å². The summed E-state index contributed by atoms with van der Waals surface area (Å²) in [6, 6.07) is 28.1. The first kappa shape index (κ1) is 14.8. The van der Waals surface area contributed by atoms with Crippen LogP contribution in [0, 0.1) is 13.8 Å². The summed E-state index contributed by atoms with van der Waals surface area (Å²) in [5.74, 6) is 0. The Morgan fingerprint density at radius 2 is 1.38 bits per heavy atom. The molecule has 4 rings (SSSR count). The van der Waals surface area contributed by atoms with Gasteiger partial charge in [0.2, 0.25) is 0 Å². The summed E-state index contributed by atoms with van der Waals surface area (Å²) in [5.41, 5.74) is 7.96. The predicted octanol–water partition coefficient (Wildman–Crippen LogP) is 5.97. The Kier molecular flexibility index (Phi) is 3.70. The third-order valence-electron chi connectivity index (χ3n) is 4.81. The fourth-order valence-electron chi connectivity index (χ4n) is 3.59. The van der Waals surface area contributed by atoms with Crippen LogP contribution in [0.1, 0.15) is 16.7 Å². The number of aryl methyl sites for hydroxylation is 2. The lowest BCUT2D eigenvalue weighted by Crippen LogP contribution is -2.02. The molecule has 118 valence electrons. The van der Waals surface area contributed by atoms with E-state index in [1.807, 2.05) is 0 Å². The zero-order valence-corrected chi connectivity index (χ0v) is 14.2. The van der Waals surface area contributed by atoms with E-state index < -0.39 is 0 Å². The van der Waals surface area contributed by atoms with E-state index in [-0.39, 0.29) is 0 Å². The van der Waals surface area contributed by atoms with Crippen molar-refractivity contribution in [3.63, 3.8) is 0 Å². The Labute approximate surface area is 143 Å². The van der Waals surface area contributed by atoms with E-state index >= 15 is 0 Å². The third-order valence-corrected chi connectivity index (χ3v) is 4.81. The predicted molar refractivity (Wildman–Crippen MR) is 102 cm³/mol. The Balaban J connectivity index is 2.00. The van der Waals surface area contributed by atoms with E-state index in [9.17, 15) is 0 Å². The van der Waals surface area contributed by atoms with Crippen molar-refractivity contribution in [1.29, 1.82) is 0 Å². The van der Waals surface area contributed by atoms with Crippen LogP contribution in [-0.2, 0) is 6.54 Å². The number of hydrogen-bond donors (Lipinski definition) is 0. The van der Waals surface area contributed by atoms with E-state index in [1.54, 1.807) is 0 Å². The topological polar surface area (TPSA) is 4.93 Å². The number of benzene rings is 3. The number of aromatic nitrogens is 1. The molecule has 1 heteroatoms. The zero-order chi connectivity index (χ0) is 16.5. The molecule has 0 saturated carbocycles. The molecule has 0 unspecified atom stereocenters. The number of para-hydroxylation sites is 1. The van der Waals surface area contributed by atoms with Crippen molar-refractivity contribution in [2.75, 3.05) is 0 Å². The van der Waals surface area contributed by atoms with Gasteiger partial charge in [-0.15, -0.1) is 0 Å². The molecule has 0 N–H and O–H groups in total. The Morgan fingerprint density at radius 3 is 2.17 bits per heavy atom. The third kappa shape index (κ3) is 2.43. The molecule has 4 aromatic rings. The van der Waals surface area contributed by atoms with Crippen molar-refractivity contribution in [3.8, 4) is 11.3 Å². The van der Waals surface area contributed by atoms with Crippen LogP contribution in [0.2, 0.25) is 0 Å². The number of nitrogens with zero attached hydrogens (tertiary/aromatic N) is 1. The molecule has 0 amide bonds. The second kappa shape index (κ2) is 6.01. The molecule has 0 bridgehead atoms. The van der Waals surface area contributed by atoms with Gasteiger partial charge in [-0.3, -0.25) is 0 Å². The molecule has 0 atom stereocenters. The van der Waals surface area contributed by atoms with Gasteiger partial charge in [0.1, 0.15) is 0 Å². The molecule has 24 heavy (non-hydrogen) atoms. The molecule has 0 radical (unpaired) electrons. The summed E-state index contributed by atoms with van der Waals surface area (Å²) in [6.45, 7) is 5.32. The molecular formula is C23H21N. The summed E-state index contributed by atoms with van der Waals surface area (Å²) in [4.78, 5) is 0. The standard InChI is InChI=1S/C23H21N/c1-17-10-6-7-13-20(17)23-18(2)21-14-8-9-15-22(21)24(23)16-19-11-4-3-5-12-19/h3-15H,16H2,1-2H3. The van der Waals surface area contributed by atoms with Gasteiger partial charge in [0.15, 0.2) is 0 Å². The molecule has 0 saturated heterocycles. The molecular weight excluding hydrogens is 290 g/mol. The van der Waals surface area contributed by atoms with Crippen molar-refractivity contribution in [2.45, 2.75) is 20.4 Å². The summed E-state index contributed by atoms with van der Waals surface area (Å²) in [6.07, 6.45) is 0. The molecule has 3 aromatic carbocycles. The Morgan fingerprint density at radius 1 is 0.708 bits per heavy atom. The molecule has 0 aliphatic heterocycles. The van der Waals surface area contributed by atoms with E-state index in [4.69, 9.17) is 0 Å². The van der Waals surface area contributed by atoms with Crippen molar-refractivity contribution in [1.82, 2.24) is 4.57 Å².